The summed E-state index contributed by atoms with van der Waals surface area (Å²) < 4.78 is 15.2. The summed E-state index contributed by atoms with van der Waals surface area (Å²) in [6.07, 6.45) is 4.93. The van der Waals surface area contributed by atoms with Crippen molar-refractivity contribution in [3.63, 3.8) is 0 Å². The Balaban J connectivity index is 1.72. The van der Waals surface area contributed by atoms with E-state index in [0.717, 1.165) is 11.1 Å². The van der Waals surface area contributed by atoms with E-state index in [0.29, 0.717) is 34.5 Å². The minimum absolute atomic E-state index is 0.223. The van der Waals surface area contributed by atoms with Gasteiger partial charge in [-0.05, 0) is 35.7 Å². The first-order chi connectivity index (χ1) is 15.2. The molecule has 0 amide bonds. The van der Waals surface area contributed by atoms with Gasteiger partial charge in [0, 0.05) is 11.7 Å². The van der Waals surface area contributed by atoms with Crippen molar-refractivity contribution in [3.05, 3.63) is 89.1 Å². The normalized spacial score (nSPS) is 12.3. The highest BCUT2D eigenvalue weighted by molar-refractivity contribution is 5.82. The highest BCUT2D eigenvalue weighted by atomic mass is 19.1. The van der Waals surface area contributed by atoms with Crippen molar-refractivity contribution in [3.8, 4) is 11.1 Å². The lowest BCUT2D eigenvalue weighted by atomic mass is 9.94. The van der Waals surface area contributed by atoms with Gasteiger partial charge in [0.15, 0.2) is 11.5 Å². The number of imidazole rings is 1. The summed E-state index contributed by atoms with van der Waals surface area (Å²) in [4.78, 5) is 29.2. The fourth-order valence-corrected chi connectivity index (χ4v) is 3.86. The van der Waals surface area contributed by atoms with Gasteiger partial charge in [-0.25, -0.2) is 19.3 Å². The molecule has 31 heavy (non-hydrogen) atoms. The number of H-pyrrole nitrogens is 1. The van der Waals surface area contributed by atoms with Gasteiger partial charge in [0.1, 0.15) is 17.7 Å². The van der Waals surface area contributed by atoms with E-state index in [-0.39, 0.29) is 11.6 Å². The number of rotatable bonds is 5. The molecule has 4 aromatic heterocycles. The van der Waals surface area contributed by atoms with Gasteiger partial charge in [-0.15, -0.1) is 0 Å². The Morgan fingerprint density at radius 2 is 1.97 bits per heavy atom. The first-order valence-corrected chi connectivity index (χ1v) is 9.96. The van der Waals surface area contributed by atoms with Crippen LogP contribution >= 0.6 is 0 Å². The Kier molecular flexibility index (Phi) is 4.66. The lowest BCUT2D eigenvalue weighted by Crippen LogP contribution is -2.22. The molecule has 154 valence electrons. The lowest BCUT2D eigenvalue weighted by Gasteiger charge is -2.22. The summed E-state index contributed by atoms with van der Waals surface area (Å²) >= 11 is 0. The monoisotopic (exact) mass is 414 g/mol. The highest BCUT2D eigenvalue weighted by Crippen LogP contribution is 2.31. The van der Waals surface area contributed by atoms with E-state index < -0.39 is 5.82 Å². The number of anilines is 1. The number of aromatic amines is 1. The summed E-state index contributed by atoms with van der Waals surface area (Å²) in [6, 6.07) is 14.1. The number of benzene rings is 1. The quantitative estimate of drug-likeness (QED) is 0.447. The van der Waals surface area contributed by atoms with E-state index in [9.17, 15) is 9.18 Å². The van der Waals surface area contributed by atoms with E-state index in [2.05, 4.69) is 25.3 Å². The standard InChI is InChI=1S/C23H19FN6O/c1-2-18(29-22-20-21(26-12-25-20)27-13-28-22)17-10-16-9-8-15(24)11-30(16)23(31)19(17)14-6-4-3-5-7-14/h3-13,18H,2H2,1H3,(H2,25,26,27,28,29). The zero-order valence-corrected chi connectivity index (χ0v) is 16.7. The smallest absolute Gasteiger partial charge is 0.263 e. The van der Waals surface area contributed by atoms with E-state index in [1.807, 2.05) is 43.3 Å². The first kappa shape index (κ1) is 18.9. The van der Waals surface area contributed by atoms with Crippen molar-refractivity contribution in [1.29, 1.82) is 0 Å². The summed E-state index contributed by atoms with van der Waals surface area (Å²) in [5, 5.41) is 3.44. The SMILES string of the molecule is CCC(Nc1ncnc2nc[nH]c12)c1cc2ccc(F)cn2c(=O)c1-c1ccccc1. The van der Waals surface area contributed by atoms with Gasteiger partial charge >= 0.3 is 0 Å². The van der Waals surface area contributed by atoms with Gasteiger partial charge < -0.3 is 10.3 Å². The predicted octanol–water partition coefficient (Wildman–Crippen LogP) is 4.34. The van der Waals surface area contributed by atoms with Crippen molar-refractivity contribution in [2.45, 2.75) is 19.4 Å². The molecular formula is C23H19FN6O. The average molecular weight is 414 g/mol. The molecule has 1 aromatic carbocycles. The van der Waals surface area contributed by atoms with Crippen LogP contribution in [0, 0.1) is 5.82 Å². The van der Waals surface area contributed by atoms with Crippen LogP contribution < -0.4 is 10.9 Å². The molecule has 0 aliphatic carbocycles. The Hall–Kier alpha value is -4.07. The Morgan fingerprint density at radius 1 is 1.13 bits per heavy atom. The van der Waals surface area contributed by atoms with Gasteiger partial charge in [0.25, 0.3) is 5.56 Å². The number of nitrogens with zero attached hydrogens (tertiary/aromatic N) is 4. The van der Waals surface area contributed by atoms with Crippen LogP contribution in [0.15, 0.2) is 72.2 Å². The van der Waals surface area contributed by atoms with Crippen LogP contribution in [0.2, 0.25) is 0 Å². The van der Waals surface area contributed by atoms with Crippen molar-refractivity contribution >= 4 is 22.5 Å². The molecule has 0 bridgehead atoms. The molecular weight excluding hydrogens is 395 g/mol. The number of aromatic nitrogens is 5. The highest BCUT2D eigenvalue weighted by Gasteiger charge is 2.21. The summed E-state index contributed by atoms with van der Waals surface area (Å²) in [5.74, 6) is 0.141. The van der Waals surface area contributed by atoms with Crippen LogP contribution in [0.1, 0.15) is 24.9 Å². The van der Waals surface area contributed by atoms with Gasteiger partial charge in [-0.1, -0.05) is 37.3 Å². The number of fused-ring (bicyclic) bond motifs is 2. The molecule has 8 heteroatoms. The minimum Gasteiger partial charge on any atom is -0.361 e. The Bertz CT molecular complexity index is 1440. The third-order valence-electron chi connectivity index (χ3n) is 5.35. The second-order valence-electron chi connectivity index (χ2n) is 7.22. The van der Waals surface area contributed by atoms with Gasteiger partial charge in [-0.3, -0.25) is 9.20 Å². The number of hydrogen-bond donors (Lipinski definition) is 2. The largest absolute Gasteiger partial charge is 0.361 e. The average Bonchev–Trinajstić information content (AvgIpc) is 3.28. The van der Waals surface area contributed by atoms with Crippen molar-refractivity contribution in [2.75, 3.05) is 5.32 Å². The maximum Gasteiger partial charge on any atom is 0.263 e. The first-order valence-electron chi connectivity index (χ1n) is 9.96. The second kappa shape index (κ2) is 7.64. The molecule has 5 aromatic rings. The minimum atomic E-state index is -0.464. The summed E-state index contributed by atoms with van der Waals surface area (Å²) in [5.41, 5.74) is 3.72. The molecule has 4 heterocycles. The number of nitrogens with one attached hydrogen (secondary N) is 2. The molecule has 0 aliphatic rings. The van der Waals surface area contributed by atoms with E-state index in [1.165, 1.54) is 23.0 Å². The molecule has 0 aliphatic heterocycles. The van der Waals surface area contributed by atoms with Crippen molar-refractivity contribution in [2.24, 2.45) is 0 Å². The number of hydrogen-bond acceptors (Lipinski definition) is 5. The maximum absolute atomic E-state index is 13.9. The van der Waals surface area contributed by atoms with Gasteiger partial charge in [0.05, 0.1) is 17.9 Å². The molecule has 0 saturated heterocycles. The zero-order valence-electron chi connectivity index (χ0n) is 16.7. The molecule has 1 atom stereocenters. The van der Waals surface area contributed by atoms with Crippen molar-refractivity contribution < 1.29 is 4.39 Å². The van der Waals surface area contributed by atoms with Crippen molar-refractivity contribution in [1.82, 2.24) is 24.3 Å². The molecule has 7 nitrogen and oxygen atoms in total. The fraction of sp³-hybridized carbons (Fsp3) is 0.130. The van der Waals surface area contributed by atoms with Crippen LogP contribution in [0.4, 0.5) is 10.2 Å². The Morgan fingerprint density at radius 3 is 2.77 bits per heavy atom. The van der Waals surface area contributed by atoms with E-state index in [4.69, 9.17) is 0 Å². The van der Waals surface area contributed by atoms with Gasteiger partial charge in [-0.2, -0.15) is 0 Å². The maximum atomic E-state index is 13.9. The van der Waals surface area contributed by atoms with Crippen LogP contribution in [-0.4, -0.2) is 24.3 Å². The molecule has 0 fully saturated rings. The third kappa shape index (κ3) is 3.31. The van der Waals surface area contributed by atoms with E-state index in [1.54, 1.807) is 12.4 Å². The predicted molar refractivity (Wildman–Crippen MR) is 117 cm³/mol. The lowest BCUT2D eigenvalue weighted by molar-refractivity contribution is 0.618. The van der Waals surface area contributed by atoms with Crippen LogP contribution in [0.25, 0.3) is 27.8 Å². The summed E-state index contributed by atoms with van der Waals surface area (Å²) in [6.45, 7) is 2.03. The van der Waals surface area contributed by atoms with Crippen LogP contribution in [0.3, 0.4) is 0 Å². The third-order valence-corrected chi connectivity index (χ3v) is 5.35. The number of halogens is 1. The molecule has 2 N–H and O–H groups in total. The molecule has 0 saturated carbocycles. The van der Waals surface area contributed by atoms with Crippen LogP contribution in [0.5, 0.6) is 0 Å². The van der Waals surface area contributed by atoms with Gasteiger partial charge in [0.2, 0.25) is 0 Å². The Labute approximate surface area is 176 Å². The van der Waals surface area contributed by atoms with E-state index >= 15 is 0 Å². The molecule has 0 radical (unpaired) electrons. The fourth-order valence-electron chi connectivity index (χ4n) is 3.86. The molecule has 0 spiro atoms. The van der Waals surface area contributed by atoms with Crippen LogP contribution in [-0.2, 0) is 0 Å². The summed E-state index contributed by atoms with van der Waals surface area (Å²) in [7, 11) is 0. The topological polar surface area (TPSA) is 88.0 Å². The molecule has 1 unspecified atom stereocenters. The molecule has 5 rings (SSSR count). The second-order valence-corrected chi connectivity index (χ2v) is 7.22. The zero-order chi connectivity index (χ0) is 21.4. The number of pyridine rings is 2.